The SMILES string of the molecule is O=C(Nc1c[nH]c(=O)[nH]c1=O)c1cccc(C(=O)Nc2c[nH]c(=O)[nH]c2=O)c1. The Morgan fingerprint density at radius 1 is 0.714 bits per heavy atom. The van der Waals surface area contributed by atoms with Gasteiger partial charge in [0.2, 0.25) is 0 Å². The lowest BCUT2D eigenvalue weighted by molar-refractivity contribution is 0.102. The summed E-state index contributed by atoms with van der Waals surface area (Å²) in [6, 6.07) is 5.47. The van der Waals surface area contributed by atoms with Gasteiger partial charge in [0.05, 0.1) is 0 Å². The Balaban J connectivity index is 1.81. The first-order chi connectivity index (χ1) is 13.3. The summed E-state index contributed by atoms with van der Waals surface area (Å²) in [6.07, 6.45) is 2.08. The molecule has 0 aliphatic carbocycles. The van der Waals surface area contributed by atoms with E-state index in [-0.39, 0.29) is 22.5 Å². The van der Waals surface area contributed by atoms with Crippen molar-refractivity contribution in [2.45, 2.75) is 0 Å². The van der Waals surface area contributed by atoms with Crippen LogP contribution in [0.25, 0.3) is 0 Å². The zero-order chi connectivity index (χ0) is 20.3. The highest BCUT2D eigenvalue weighted by atomic mass is 16.2. The second-order valence-electron chi connectivity index (χ2n) is 5.46. The van der Waals surface area contributed by atoms with Crippen LogP contribution in [0.1, 0.15) is 20.7 Å². The van der Waals surface area contributed by atoms with Gasteiger partial charge >= 0.3 is 11.4 Å². The van der Waals surface area contributed by atoms with Crippen LogP contribution in [0.2, 0.25) is 0 Å². The van der Waals surface area contributed by atoms with Gasteiger partial charge in [-0.1, -0.05) is 6.07 Å². The van der Waals surface area contributed by atoms with Crippen molar-refractivity contribution < 1.29 is 9.59 Å². The molecule has 12 nitrogen and oxygen atoms in total. The van der Waals surface area contributed by atoms with Gasteiger partial charge in [-0.25, -0.2) is 9.59 Å². The molecule has 0 radical (unpaired) electrons. The molecule has 0 atom stereocenters. The largest absolute Gasteiger partial charge is 0.325 e. The number of nitrogens with one attached hydrogen (secondary N) is 6. The Morgan fingerprint density at radius 2 is 1.14 bits per heavy atom. The highest BCUT2D eigenvalue weighted by Crippen LogP contribution is 2.09. The Morgan fingerprint density at radius 3 is 1.54 bits per heavy atom. The minimum Gasteiger partial charge on any atom is -0.316 e. The van der Waals surface area contributed by atoms with E-state index < -0.39 is 34.3 Å². The molecule has 2 heterocycles. The fourth-order valence-electron chi connectivity index (χ4n) is 2.20. The van der Waals surface area contributed by atoms with Gasteiger partial charge in [-0.2, -0.15) is 0 Å². The second kappa shape index (κ2) is 7.41. The number of carbonyl (C=O) groups is 2. The lowest BCUT2D eigenvalue weighted by atomic mass is 10.1. The zero-order valence-electron chi connectivity index (χ0n) is 13.9. The third-order valence-electron chi connectivity index (χ3n) is 3.52. The van der Waals surface area contributed by atoms with E-state index in [2.05, 4.69) is 20.6 Å². The number of anilines is 2. The molecular formula is C16H12N6O6. The van der Waals surface area contributed by atoms with E-state index in [1.165, 1.54) is 24.3 Å². The first-order valence-electron chi connectivity index (χ1n) is 7.70. The summed E-state index contributed by atoms with van der Waals surface area (Å²) in [5, 5.41) is 4.61. The fourth-order valence-corrected chi connectivity index (χ4v) is 2.20. The summed E-state index contributed by atoms with van der Waals surface area (Å²) in [5.41, 5.74) is -3.29. The molecule has 6 N–H and O–H groups in total. The summed E-state index contributed by atoms with van der Waals surface area (Å²) >= 11 is 0. The van der Waals surface area contributed by atoms with Crippen LogP contribution >= 0.6 is 0 Å². The number of benzene rings is 1. The molecule has 3 aromatic rings. The van der Waals surface area contributed by atoms with E-state index in [1.807, 2.05) is 9.97 Å². The van der Waals surface area contributed by atoms with Crippen LogP contribution in [0.3, 0.4) is 0 Å². The van der Waals surface area contributed by atoms with Gasteiger partial charge in [0.1, 0.15) is 11.4 Å². The maximum Gasteiger partial charge on any atom is 0.325 e. The highest BCUT2D eigenvalue weighted by Gasteiger charge is 2.13. The van der Waals surface area contributed by atoms with E-state index in [1.54, 1.807) is 0 Å². The summed E-state index contributed by atoms with van der Waals surface area (Å²) in [4.78, 5) is 78.2. The average molecular weight is 384 g/mol. The maximum absolute atomic E-state index is 12.3. The Kier molecular flexibility index (Phi) is 4.85. The van der Waals surface area contributed by atoms with E-state index in [4.69, 9.17) is 0 Å². The van der Waals surface area contributed by atoms with Crippen LogP contribution in [0, 0.1) is 0 Å². The van der Waals surface area contributed by atoms with Crippen molar-refractivity contribution in [1.82, 2.24) is 19.9 Å². The molecule has 0 fully saturated rings. The molecule has 0 aliphatic heterocycles. The standard InChI is InChI=1S/C16H12N6O6/c23-11(19-9-5-17-15(27)21-13(9)25)7-2-1-3-8(4-7)12(24)20-10-6-18-16(28)22-14(10)26/h1-6H,(H,19,23)(H,20,24)(H2,17,21,25,27)(H2,18,22,26,28). The molecular weight excluding hydrogens is 372 g/mol. The molecule has 0 saturated carbocycles. The van der Waals surface area contributed by atoms with Crippen LogP contribution in [0.4, 0.5) is 11.4 Å². The van der Waals surface area contributed by atoms with Crippen molar-refractivity contribution in [3.05, 3.63) is 89.5 Å². The van der Waals surface area contributed by atoms with E-state index in [9.17, 15) is 28.8 Å². The van der Waals surface area contributed by atoms with Crippen LogP contribution in [-0.2, 0) is 0 Å². The number of hydrogen-bond donors (Lipinski definition) is 6. The molecule has 0 aliphatic rings. The van der Waals surface area contributed by atoms with Crippen molar-refractivity contribution in [3.63, 3.8) is 0 Å². The maximum atomic E-state index is 12.3. The van der Waals surface area contributed by atoms with Crippen molar-refractivity contribution in [1.29, 1.82) is 0 Å². The number of rotatable bonds is 4. The topological polar surface area (TPSA) is 190 Å². The molecule has 1 aromatic carbocycles. The quantitative estimate of drug-likeness (QED) is 0.332. The lowest BCUT2D eigenvalue weighted by Gasteiger charge is -2.07. The van der Waals surface area contributed by atoms with Gasteiger partial charge in [0.15, 0.2) is 0 Å². The molecule has 3 rings (SSSR count). The predicted octanol–water partition coefficient (Wildman–Crippen LogP) is -1.06. The van der Waals surface area contributed by atoms with Crippen molar-refractivity contribution in [2.75, 3.05) is 10.6 Å². The molecule has 0 saturated heterocycles. The first-order valence-corrected chi connectivity index (χ1v) is 7.70. The number of aromatic nitrogens is 4. The molecule has 142 valence electrons. The third-order valence-corrected chi connectivity index (χ3v) is 3.52. The molecule has 2 aromatic heterocycles. The summed E-state index contributed by atoms with van der Waals surface area (Å²) in [7, 11) is 0. The fraction of sp³-hybridized carbons (Fsp3) is 0. The number of H-pyrrole nitrogens is 4. The third kappa shape index (κ3) is 4.01. The van der Waals surface area contributed by atoms with Crippen LogP contribution in [0.15, 0.2) is 55.8 Å². The normalized spacial score (nSPS) is 10.3. The van der Waals surface area contributed by atoms with E-state index in [0.29, 0.717) is 0 Å². The molecule has 0 unspecified atom stereocenters. The summed E-state index contributed by atoms with van der Waals surface area (Å²) in [6.45, 7) is 0. The molecule has 0 bridgehead atoms. The van der Waals surface area contributed by atoms with Crippen molar-refractivity contribution in [3.8, 4) is 0 Å². The highest BCUT2D eigenvalue weighted by molar-refractivity contribution is 6.08. The van der Waals surface area contributed by atoms with Gasteiger partial charge in [0, 0.05) is 23.5 Å². The number of aromatic amines is 4. The Hall–Kier alpha value is -4.48. The molecule has 28 heavy (non-hydrogen) atoms. The van der Waals surface area contributed by atoms with Crippen LogP contribution in [-0.4, -0.2) is 31.8 Å². The first kappa shape index (κ1) is 18.3. The average Bonchev–Trinajstić information content (AvgIpc) is 2.66. The van der Waals surface area contributed by atoms with E-state index in [0.717, 1.165) is 12.4 Å². The van der Waals surface area contributed by atoms with Crippen molar-refractivity contribution in [2.24, 2.45) is 0 Å². The van der Waals surface area contributed by atoms with Crippen molar-refractivity contribution >= 4 is 23.2 Å². The van der Waals surface area contributed by atoms with Gasteiger partial charge in [-0.15, -0.1) is 0 Å². The summed E-state index contributed by atoms with van der Waals surface area (Å²) in [5.74, 6) is -1.40. The lowest BCUT2D eigenvalue weighted by Crippen LogP contribution is -2.27. The second-order valence-corrected chi connectivity index (χ2v) is 5.46. The predicted molar refractivity (Wildman–Crippen MR) is 97.7 cm³/mol. The van der Waals surface area contributed by atoms with E-state index >= 15 is 0 Å². The number of hydrogen-bond acceptors (Lipinski definition) is 6. The molecule has 12 heteroatoms. The molecule has 0 spiro atoms. The number of amides is 2. The summed E-state index contributed by atoms with van der Waals surface area (Å²) < 4.78 is 0. The number of carbonyl (C=O) groups excluding carboxylic acids is 2. The van der Waals surface area contributed by atoms with Gasteiger partial charge in [-0.3, -0.25) is 29.1 Å². The Bertz CT molecular complexity index is 1200. The van der Waals surface area contributed by atoms with Gasteiger partial charge < -0.3 is 20.6 Å². The van der Waals surface area contributed by atoms with Gasteiger partial charge in [-0.05, 0) is 18.2 Å². The minimum absolute atomic E-state index is 0.0497. The van der Waals surface area contributed by atoms with Gasteiger partial charge in [0.25, 0.3) is 22.9 Å². The zero-order valence-corrected chi connectivity index (χ0v) is 13.9. The minimum atomic E-state index is -0.789. The monoisotopic (exact) mass is 384 g/mol. The Labute approximate surface area is 153 Å². The molecule has 2 amide bonds. The smallest absolute Gasteiger partial charge is 0.316 e. The van der Waals surface area contributed by atoms with Crippen LogP contribution in [0.5, 0.6) is 0 Å². The van der Waals surface area contributed by atoms with Crippen LogP contribution < -0.4 is 33.1 Å².